The third-order valence-electron chi connectivity index (χ3n) is 5.13. The van der Waals surface area contributed by atoms with Crippen LogP contribution in [0, 0.1) is 12.8 Å². The number of hydrogen-bond donors (Lipinski definition) is 1. The van der Waals surface area contributed by atoms with Gasteiger partial charge >= 0.3 is 0 Å². The summed E-state index contributed by atoms with van der Waals surface area (Å²) in [6.07, 6.45) is 4.80. The van der Waals surface area contributed by atoms with Gasteiger partial charge in [0.25, 0.3) is 5.91 Å². The van der Waals surface area contributed by atoms with Gasteiger partial charge in [0.1, 0.15) is 0 Å². The van der Waals surface area contributed by atoms with E-state index in [9.17, 15) is 4.79 Å². The number of likely N-dealkylation sites (tertiary alicyclic amines) is 1. The van der Waals surface area contributed by atoms with Gasteiger partial charge in [0.05, 0.1) is 5.56 Å². The highest BCUT2D eigenvalue weighted by molar-refractivity contribution is 6.00. The molecule has 0 aromatic heterocycles. The van der Waals surface area contributed by atoms with Crippen LogP contribution < -0.4 is 10.2 Å². The molecule has 2 fully saturated rings. The maximum absolute atomic E-state index is 13.2. The number of amides is 1. The summed E-state index contributed by atoms with van der Waals surface area (Å²) in [5.41, 5.74) is 3.20. The Morgan fingerprint density at radius 1 is 1.22 bits per heavy atom. The smallest absolute Gasteiger partial charge is 0.255 e. The average Bonchev–Trinajstić information content (AvgIpc) is 3.09. The minimum absolute atomic E-state index is 0.219. The number of anilines is 1. The molecule has 1 atom stereocenters. The van der Waals surface area contributed by atoms with Gasteiger partial charge in [0.2, 0.25) is 0 Å². The number of benzene rings is 1. The number of carbonyl (C=O) groups excluding carboxylic acids is 1. The van der Waals surface area contributed by atoms with Crippen LogP contribution in [-0.4, -0.2) is 50.6 Å². The molecule has 4 heteroatoms. The highest BCUT2D eigenvalue weighted by Crippen LogP contribution is 2.28. The molecule has 0 radical (unpaired) electrons. The third-order valence-corrected chi connectivity index (χ3v) is 5.13. The molecule has 0 unspecified atom stereocenters. The second-order valence-corrected chi connectivity index (χ2v) is 7.03. The topological polar surface area (TPSA) is 35.6 Å². The lowest BCUT2D eigenvalue weighted by Gasteiger charge is -2.34. The fourth-order valence-corrected chi connectivity index (χ4v) is 3.93. The molecule has 2 aliphatic rings. The Morgan fingerprint density at radius 3 is 2.74 bits per heavy atom. The molecule has 1 amide bonds. The number of nitrogens with zero attached hydrogens (tertiary/aromatic N) is 2. The van der Waals surface area contributed by atoms with E-state index in [1.54, 1.807) is 0 Å². The SMILES string of the molecule is CNC[C@H]1CCCN(C(=O)c2cc(C)ccc2N2CCCC2)C1. The summed E-state index contributed by atoms with van der Waals surface area (Å²) in [7, 11) is 1.99. The Bertz CT molecular complexity index is 550. The molecule has 4 nitrogen and oxygen atoms in total. The minimum atomic E-state index is 0.219. The predicted octanol–water partition coefficient (Wildman–Crippen LogP) is 2.67. The fraction of sp³-hybridized carbons (Fsp3) is 0.632. The first kappa shape index (κ1) is 16.3. The number of nitrogens with one attached hydrogen (secondary N) is 1. The Morgan fingerprint density at radius 2 is 2.00 bits per heavy atom. The van der Waals surface area contributed by atoms with E-state index in [0.717, 1.165) is 50.4 Å². The molecule has 126 valence electrons. The van der Waals surface area contributed by atoms with Crippen LogP contribution in [0.4, 0.5) is 5.69 Å². The van der Waals surface area contributed by atoms with Crippen LogP contribution in [0.1, 0.15) is 41.6 Å². The number of rotatable bonds is 4. The van der Waals surface area contributed by atoms with Crippen molar-refractivity contribution in [1.29, 1.82) is 0 Å². The maximum atomic E-state index is 13.2. The Hall–Kier alpha value is -1.55. The van der Waals surface area contributed by atoms with E-state index in [-0.39, 0.29) is 5.91 Å². The molecular weight excluding hydrogens is 286 g/mol. The predicted molar refractivity (Wildman–Crippen MR) is 95.2 cm³/mol. The van der Waals surface area contributed by atoms with Gasteiger partial charge in [-0.05, 0) is 64.3 Å². The first-order chi connectivity index (χ1) is 11.2. The van der Waals surface area contributed by atoms with Crippen LogP contribution in [0.15, 0.2) is 18.2 Å². The van der Waals surface area contributed by atoms with E-state index in [0.29, 0.717) is 5.92 Å². The van der Waals surface area contributed by atoms with Gasteiger partial charge in [-0.15, -0.1) is 0 Å². The average molecular weight is 315 g/mol. The molecule has 2 aliphatic heterocycles. The van der Waals surface area contributed by atoms with Crippen molar-refractivity contribution in [3.05, 3.63) is 29.3 Å². The molecule has 2 heterocycles. The molecule has 0 aliphatic carbocycles. The highest BCUT2D eigenvalue weighted by Gasteiger charge is 2.27. The lowest BCUT2D eigenvalue weighted by molar-refractivity contribution is 0.0675. The number of carbonyl (C=O) groups is 1. The lowest BCUT2D eigenvalue weighted by Crippen LogP contribution is -2.43. The molecule has 1 aromatic rings. The largest absolute Gasteiger partial charge is 0.371 e. The van der Waals surface area contributed by atoms with Crippen LogP contribution in [0.3, 0.4) is 0 Å². The lowest BCUT2D eigenvalue weighted by atomic mass is 9.97. The highest BCUT2D eigenvalue weighted by atomic mass is 16.2. The summed E-state index contributed by atoms with van der Waals surface area (Å²) in [5, 5.41) is 3.26. The standard InChI is InChI=1S/C19H29N3O/c1-15-7-8-18(21-9-3-4-10-21)17(12-15)19(23)22-11-5-6-16(14-22)13-20-2/h7-8,12,16,20H,3-6,9-11,13-14H2,1-2H3/t16-/m1/s1. The number of aryl methyl sites for hydroxylation is 1. The minimum Gasteiger partial charge on any atom is -0.371 e. The first-order valence-electron chi connectivity index (χ1n) is 8.98. The zero-order valence-corrected chi connectivity index (χ0v) is 14.5. The van der Waals surface area contributed by atoms with Crippen LogP contribution >= 0.6 is 0 Å². The van der Waals surface area contributed by atoms with Crippen molar-refractivity contribution < 1.29 is 4.79 Å². The van der Waals surface area contributed by atoms with Crippen molar-refractivity contribution in [2.45, 2.75) is 32.6 Å². The quantitative estimate of drug-likeness (QED) is 0.928. The van der Waals surface area contributed by atoms with E-state index >= 15 is 0 Å². The van der Waals surface area contributed by atoms with Crippen LogP contribution in [0.5, 0.6) is 0 Å². The van der Waals surface area contributed by atoms with E-state index in [1.807, 2.05) is 7.05 Å². The zero-order chi connectivity index (χ0) is 16.2. The summed E-state index contributed by atoms with van der Waals surface area (Å²) in [6, 6.07) is 6.35. The van der Waals surface area contributed by atoms with Crippen molar-refractivity contribution in [3.63, 3.8) is 0 Å². The summed E-state index contributed by atoms with van der Waals surface area (Å²) in [5.74, 6) is 0.800. The van der Waals surface area contributed by atoms with E-state index < -0.39 is 0 Å². The number of hydrogen-bond acceptors (Lipinski definition) is 3. The van der Waals surface area contributed by atoms with E-state index in [4.69, 9.17) is 0 Å². The summed E-state index contributed by atoms with van der Waals surface area (Å²) in [4.78, 5) is 17.6. The fourth-order valence-electron chi connectivity index (χ4n) is 3.93. The summed E-state index contributed by atoms with van der Waals surface area (Å²) in [6.45, 7) is 7.00. The molecule has 1 N–H and O–H groups in total. The summed E-state index contributed by atoms with van der Waals surface area (Å²) >= 11 is 0. The molecular formula is C19H29N3O. The van der Waals surface area contributed by atoms with Gasteiger partial charge in [0.15, 0.2) is 0 Å². The molecule has 3 rings (SSSR count). The van der Waals surface area contributed by atoms with Crippen LogP contribution in [0.25, 0.3) is 0 Å². The Labute approximate surface area is 139 Å². The summed E-state index contributed by atoms with van der Waals surface area (Å²) < 4.78 is 0. The van der Waals surface area contributed by atoms with Crippen molar-refractivity contribution in [1.82, 2.24) is 10.2 Å². The van der Waals surface area contributed by atoms with Gasteiger partial charge < -0.3 is 15.1 Å². The molecule has 0 spiro atoms. The molecule has 2 saturated heterocycles. The third kappa shape index (κ3) is 3.69. The van der Waals surface area contributed by atoms with Crippen LogP contribution in [-0.2, 0) is 0 Å². The monoisotopic (exact) mass is 315 g/mol. The van der Waals surface area contributed by atoms with Gasteiger partial charge in [-0.25, -0.2) is 0 Å². The molecule has 0 saturated carbocycles. The first-order valence-corrected chi connectivity index (χ1v) is 8.98. The second-order valence-electron chi connectivity index (χ2n) is 7.03. The van der Waals surface area contributed by atoms with Crippen molar-refractivity contribution in [2.75, 3.05) is 44.7 Å². The van der Waals surface area contributed by atoms with Gasteiger partial charge in [-0.1, -0.05) is 11.6 Å². The second kappa shape index (κ2) is 7.35. The molecule has 0 bridgehead atoms. The van der Waals surface area contributed by atoms with Crippen LogP contribution in [0.2, 0.25) is 0 Å². The molecule has 1 aromatic carbocycles. The number of piperidine rings is 1. The van der Waals surface area contributed by atoms with E-state index in [2.05, 4.69) is 40.2 Å². The maximum Gasteiger partial charge on any atom is 0.255 e. The van der Waals surface area contributed by atoms with Crippen molar-refractivity contribution in [3.8, 4) is 0 Å². The Kier molecular flexibility index (Phi) is 5.21. The van der Waals surface area contributed by atoms with Crippen molar-refractivity contribution >= 4 is 11.6 Å². The van der Waals surface area contributed by atoms with Crippen molar-refractivity contribution in [2.24, 2.45) is 5.92 Å². The zero-order valence-electron chi connectivity index (χ0n) is 14.5. The van der Waals surface area contributed by atoms with E-state index in [1.165, 1.54) is 24.8 Å². The van der Waals surface area contributed by atoms with Gasteiger partial charge in [-0.3, -0.25) is 4.79 Å². The normalized spacial score (nSPS) is 21.7. The molecule has 23 heavy (non-hydrogen) atoms. The van der Waals surface area contributed by atoms with Gasteiger partial charge in [-0.2, -0.15) is 0 Å². The Balaban J connectivity index is 1.82. The van der Waals surface area contributed by atoms with Gasteiger partial charge in [0, 0.05) is 31.9 Å².